The van der Waals surface area contributed by atoms with Crippen LogP contribution in [0.15, 0.2) is 0 Å². The fraction of sp³-hybridized carbons (Fsp3) is 0.857. The first kappa shape index (κ1) is 16.8. The quantitative estimate of drug-likeness (QED) is 0.599. The fourth-order valence-corrected chi connectivity index (χ4v) is 2.92. The molecule has 0 bridgehead atoms. The maximum absolute atomic E-state index is 11.9. The van der Waals surface area contributed by atoms with Gasteiger partial charge in [-0.1, -0.05) is 0 Å². The third-order valence-corrected chi connectivity index (χ3v) is 3.98. The molecule has 0 saturated carbocycles. The molecule has 0 aromatic heterocycles. The smallest absolute Gasteiger partial charge is 0.407 e. The van der Waals surface area contributed by atoms with E-state index in [1.807, 2.05) is 0 Å². The molecule has 0 aromatic rings. The number of hydrogen-bond donors (Lipinski definition) is 4. The van der Waals surface area contributed by atoms with Crippen LogP contribution in [-0.4, -0.2) is 54.4 Å². The standard InChI is InChI=1S/C14H25N3O5/c1-13(2,3)22-12(20)15-8-14(9-4-6-21-7-5-9)10(18)16-11(19)17-14/h9-10,18H,4-8H2,1-3H3,(H,15,20)(H2,16,17,19). The van der Waals surface area contributed by atoms with Crippen LogP contribution in [0.4, 0.5) is 9.59 Å². The molecule has 0 aliphatic carbocycles. The first-order valence-corrected chi connectivity index (χ1v) is 7.54. The van der Waals surface area contributed by atoms with E-state index < -0.39 is 29.5 Å². The molecular weight excluding hydrogens is 290 g/mol. The van der Waals surface area contributed by atoms with E-state index in [9.17, 15) is 14.7 Å². The Morgan fingerprint density at radius 2 is 2.09 bits per heavy atom. The van der Waals surface area contributed by atoms with E-state index in [2.05, 4.69) is 16.0 Å². The van der Waals surface area contributed by atoms with Crippen LogP contribution in [0, 0.1) is 5.92 Å². The molecule has 0 aromatic carbocycles. The van der Waals surface area contributed by atoms with Crippen molar-refractivity contribution in [1.82, 2.24) is 16.0 Å². The molecule has 8 heteroatoms. The Morgan fingerprint density at radius 1 is 1.45 bits per heavy atom. The van der Waals surface area contributed by atoms with E-state index in [0.717, 1.165) is 0 Å². The minimum Gasteiger partial charge on any atom is -0.444 e. The van der Waals surface area contributed by atoms with Gasteiger partial charge in [-0.05, 0) is 39.5 Å². The first-order chi connectivity index (χ1) is 10.2. The lowest BCUT2D eigenvalue weighted by Crippen LogP contribution is -2.63. The molecule has 2 aliphatic heterocycles. The molecular formula is C14H25N3O5. The van der Waals surface area contributed by atoms with Crippen LogP contribution in [0.1, 0.15) is 33.6 Å². The summed E-state index contributed by atoms with van der Waals surface area (Å²) >= 11 is 0. The molecule has 2 rings (SSSR count). The summed E-state index contributed by atoms with van der Waals surface area (Å²) < 4.78 is 10.5. The van der Waals surface area contributed by atoms with Crippen molar-refractivity contribution in [2.75, 3.05) is 19.8 Å². The van der Waals surface area contributed by atoms with Gasteiger partial charge in [-0.3, -0.25) is 0 Å². The van der Waals surface area contributed by atoms with E-state index in [1.165, 1.54) is 0 Å². The Kier molecular flexibility index (Phi) is 4.81. The van der Waals surface area contributed by atoms with Crippen molar-refractivity contribution in [1.29, 1.82) is 0 Å². The van der Waals surface area contributed by atoms with Gasteiger partial charge >= 0.3 is 12.1 Å². The fourth-order valence-electron chi connectivity index (χ4n) is 2.92. The van der Waals surface area contributed by atoms with Crippen LogP contribution < -0.4 is 16.0 Å². The second-order valence-electron chi connectivity index (χ2n) is 6.78. The van der Waals surface area contributed by atoms with E-state index in [1.54, 1.807) is 20.8 Å². The first-order valence-electron chi connectivity index (χ1n) is 7.54. The van der Waals surface area contributed by atoms with Gasteiger partial charge in [0.15, 0.2) is 6.23 Å². The van der Waals surface area contributed by atoms with Gasteiger partial charge in [0.1, 0.15) is 11.1 Å². The molecule has 2 heterocycles. The molecule has 22 heavy (non-hydrogen) atoms. The zero-order chi connectivity index (χ0) is 16.4. The molecule has 4 N–H and O–H groups in total. The van der Waals surface area contributed by atoms with Crippen molar-refractivity contribution >= 4 is 12.1 Å². The summed E-state index contributed by atoms with van der Waals surface area (Å²) in [5.41, 5.74) is -1.55. The van der Waals surface area contributed by atoms with Crippen LogP contribution in [0.2, 0.25) is 0 Å². The lowest BCUT2D eigenvalue weighted by Gasteiger charge is -2.40. The van der Waals surface area contributed by atoms with Gasteiger partial charge in [-0.25, -0.2) is 9.59 Å². The maximum atomic E-state index is 11.9. The molecule has 126 valence electrons. The number of aliphatic hydroxyl groups is 1. The molecule has 2 unspecified atom stereocenters. The lowest BCUT2D eigenvalue weighted by atomic mass is 9.78. The highest BCUT2D eigenvalue weighted by molar-refractivity contribution is 5.78. The Labute approximate surface area is 129 Å². The van der Waals surface area contributed by atoms with Gasteiger partial charge in [0.25, 0.3) is 0 Å². The predicted molar refractivity (Wildman–Crippen MR) is 78.2 cm³/mol. The van der Waals surface area contributed by atoms with Crippen molar-refractivity contribution in [3.8, 4) is 0 Å². The predicted octanol–water partition coefficient (Wildman–Crippen LogP) is 0.308. The van der Waals surface area contributed by atoms with Gasteiger partial charge in [-0.2, -0.15) is 0 Å². The number of rotatable bonds is 3. The number of carbonyl (C=O) groups excluding carboxylic acids is 2. The van der Waals surface area contributed by atoms with Crippen LogP contribution in [0.25, 0.3) is 0 Å². The number of hydrogen-bond acceptors (Lipinski definition) is 5. The summed E-state index contributed by atoms with van der Waals surface area (Å²) in [6.07, 6.45) is -0.241. The topological polar surface area (TPSA) is 109 Å². The van der Waals surface area contributed by atoms with Crippen LogP contribution in [0.3, 0.4) is 0 Å². The highest BCUT2D eigenvalue weighted by Crippen LogP contribution is 2.32. The second kappa shape index (κ2) is 6.29. The summed E-state index contributed by atoms with van der Waals surface area (Å²) in [7, 11) is 0. The highest BCUT2D eigenvalue weighted by atomic mass is 16.6. The maximum Gasteiger partial charge on any atom is 0.407 e. The number of alkyl carbamates (subject to hydrolysis) is 1. The monoisotopic (exact) mass is 315 g/mol. The van der Waals surface area contributed by atoms with E-state index >= 15 is 0 Å². The third kappa shape index (κ3) is 3.80. The van der Waals surface area contributed by atoms with Gasteiger partial charge in [0.05, 0.1) is 0 Å². The number of ether oxygens (including phenoxy) is 2. The Morgan fingerprint density at radius 3 is 2.59 bits per heavy atom. The zero-order valence-corrected chi connectivity index (χ0v) is 13.3. The molecule has 8 nitrogen and oxygen atoms in total. The van der Waals surface area contributed by atoms with Gasteiger partial charge < -0.3 is 30.5 Å². The van der Waals surface area contributed by atoms with Crippen LogP contribution in [-0.2, 0) is 9.47 Å². The van der Waals surface area contributed by atoms with Crippen LogP contribution >= 0.6 is 0 Å². The van der Waals surface area contributed by atoms with Gasteiger partial charge in [0, 0.05) is 19.8 Å². The van der Waals surface area contributed by atoms with Crippen molar-refractivity contribution in [2.24, 2.45) is 5.92 Å². The number of aliphatic hydroxyl groups excluding tert-OH is 1. The molecule has 2 aliphatic rings. The van der Waals surface area contributed by atoms with Crippen molar-refractivity contribution in [3.05, 3.63) is 0 Å². The van der Waals surface area contributed by atoms with E-state index in [0.29, 0.717) is 26.1 Å². The Balaban J connectivity index is 2.05. The summed E-state index contributed by atoms with van der Waals surface area (Å²) in [5.74, 6) is 0.00476. The Hall–Kier alpha value is -1.54. The van der Waals surface area contributed by atoms with Crippen molar-refractivity contribution < 1.29 is 24.2 Å². The van der Waals surface area contributed by atoms with E-state index in [4.69, 9.17) is 9.47 Å². The average molecular weight is 315 g/mol. The second-order valence-corrected chi connectivity index (χ2v) is 6.78. The van der Waals surface area contributed by atoms with Crippen molar-refractivity contribution in [3.63, 3.8) is 0 Å². The van der Waals surface area contributed by atoms with Crippen LogP contribution in [0.5, 0.6) is 0 Å². The normalized spacial score (nSPS) is 29.6. The van der Waals surface area contributed by atoms with Crippen molar-refractivity contribution in [2.45, 2.75) is 51.0 Å². The summed E-state index contributed by atoms with van der Waals surface area (Å²) in [6, 6.07) is -0.440. The lowest BCUT2D eigenvalue weighted by molar-refractivity contribution is -0.0157. The summed E-state index contributed by atoms with van der Waals surface area (Å²) in [4.78, 5) is 23.5. The number of amides is 3. The highest BCUT2D eigenvalue weighted by Gasteiger charge is 2.51. The minimum atomic E-state index is -1.07. The number of nitrogens with one attached hydrogen (secondary N) is 3. The number of urea groups is 1. The van der Waals surface area contributed by atoms with E-state index in [-0.39, 0.29) is 12.5 Å². The summed E-state index contributed by atoms with van der Waals surface area (Å²) in [5, 5.41) is 18.2. The van der Waals surface area contributed by atoms with Gasteiger partial charge in [-0.15, -0.1) is 0 Å². The molecule has 3 amide bonds. The molecule has 2 fully saturated rings. The molecule has 2 atom stereocenters. The average Bonchev–Trinajstić information content (AvgIpc) is 2.71. The third-order valence-electron chi connectivity index (χ3n) is 3.98. The number of carbonyl (C=O) groups is 2. The Bertz CT molecular complexity index is 431. The minimum absolute atomic E-state index is 0.00476. The zero-order valence-electron chi connectivity index (χ0n) is 13.3. The molecule has 0 radical (unpaired) electrons. The molecule has 2 saturated heterocycles. The van der Waals surface area contributed by atoms with Gasteiger partial charge in [0.2, 0.25) is 0 Å². The molecule has 0 spiro atoms. The largest absolute Gasteiger partial charge is 0.444 e. The SMILES string of the molecule is CC(C)(C)OC(=O)NCC1(C2CCOCC2)NC(=O)NC1O. The summed E-state index contributed by atoms with van der Waals surface area (Å²) in [6.45, 7) is 6.55.